The minimum atomic E-state index is -3.46. The molecule has 0 radical (unpaired) electrons. The van der Waals surface area contributed by atoms with E-state index >= 15 is 0 Å². The van der Waals surface area contributed by atoms with E-state index in [0.717, 1.165) is 0 Å². The molecule has 0 atom stereocenters. The lowest BCUT2D eigenvalue weighted by Crippen LogP contribution is -2.32. The lowest BCUT2D eigenvalue weighted by molar-refractivity contribution is -0.122. The number of nitrogen functional groups attached to an aromatic ring is 1. The average molecular weight is 317 g/mol. The van der Waals surface area contributed by atoms with Crippen LogP contribution in [0.1, 0.15) is 0 Å². The van der Waals surface area contributed by atoms with Crippen LogP contribution in [0.15, 0.2) is 24.3 Å². The Morgan fingerprint density at radius 2 is 1.86 bits per heavy atom. The highest BCUT2D eigenvalue weighted by Gasteiger charge is 2.09. The molecular weight excluding hydrogens is 298 g/mol. The number of rotatable bonds is 10. The number of sulfonamides is 1. The first-order valence-electron chi connectivity index (χ1n) is 6.21. The van der Waals surface area contributed by atoms with Gasteiger partial charge in [0.25, 0.3) is 0 Å². The largest absolute Gasteiger partial charge is 0.492 e. The minimum absolute atomic E-state index is 0.0153. The lowest BCUT2D eigenvalue weighted by atomic mass is 10.3. The van der Waals surface area contributed by atoms with E-state index in [1.807, 2.05) is 0 Å². The van der Waals surface area contributed by atoms with Gasteiger partial charge in [0.1, 0.15) is 19.0 Å². The maximum Gasteiger partial charge on any atom is 0.243 e. The van der Waals surface area contributed by atoms with Gasteiger partial charge in [0.2, 0.25) is 15.9 Å². The highest BCUT2D eigenvalue weighted by Crippen LogP contribution is 2.12. The van der Waals surface area contributed by atoms with Gasteiger partial charge in [-0.1, -0.05) is 0 Å². The van der Waals surface area contributed by atoms with Crippen LogP contribution in [0.25, 0.3) is 0 Å². The van der Waals surface area contributed by atoms with E-state index in [1.165, 1.54) is 0 Å². The Bertz CT molecular complexity index is 545. The summed E-state index contributed by atoms with van der Waals surface area (Å²) in [6.45, 7) is -0.0815. The van der Waals surface area contributed by atoms with E-state index in [2.05, 4.69) is 4.72 Å². The van der Waals surface area contributed by atoms with Crippen LogP contribution in [0.3, 0.4) is 0 Å². The first-order chi connectivity index (χ1) is 9.89. The van der Waals surface area contributed by atoms with E-state index in [9.17, 15) is 13.2 Å². The third kappa shape index (κ3) is 8.12. The standard InChI is InChI=1S/C12H19N3O5S/c13-10-1-3-11(4-2-10)20-7-8-21(17,18)15-5-6-19-9-12(14)16/h1-4,15H,5-9,13H2,(H2,14,16). The normalized spacial score (nSPS) is 11.2. The third-order valence-corrected chi connectivity index (χ3v) is 3.66. The summed E-state index contributed by atoms with van der Waals surface area (Å²) < 4.78 is 35.7. The molecule has 0 saturated carbocycles. The Labute approximate surface area is 123 Å². The number of nitrogens with one attached hydrogen (secondary N) is 1. The molecule has 0 fully saturated rings. The van der Waals surface area contributed by atoms with Gasteiger partial charge in [-0.15, -0.1) is 0 Å². The van der Waals surface area contributed by atoms with Crippen LogP contribution in [-0.2, 0) is 19.6 Å². The predicted molar refractivity (Wildman–Crippen MR) is 78.2 cm³/mol. The number of primary amides is 1. The molecule has 5 N–H and O–H groups in total. The molecular formula is C12H19N3O5S. The van der Waals surface area contributed by atoms with Crippen molar-refractivity contribution in [1.29, 1.82) is 0 Å². The second-order valence-corrected chi connectivity index (χ2v) is 6.08. The topological polar surface area (TPSA) is 134 Å². The summed E-state index contributed by atoms with van der Waals surface area (Å²) in [5.74, 6) is -0.244. The second kappa shape index (κ2) is 8.45. The molecule has 1 rings (SSSR count). The number of amides is 1. The van der Waals surface area contributed by atoms with Crippen molar-refractivity contribution in [1.82, 2.24) is 4.72 Å². The van der Waals surface area contributed by atoms with E-state index in [0.29, 0.717) is 11.4 Å². The Balaban J connectivity index is 2.20. The van der Waals surface area contributed by atoms with Crippen LogP contribution in [0.4, 0.5) is 5.69 Å². The van der Waals surface area contributed by atoms with Crippen molar-refractivity contribution in [3.05, 3.63) is 24.3 Å². The van der Waals surface area contributed by atoms with Crippen LogP contribution < -0.4 is 20.9 Å². The summed E-state index contributed by atoms with van der Waals surface area (Å²) >= 11 is 0. The van der Waals surface area contributed by atoms with Crippen molar-refractivity contribution in [3.8, 4) is 5.75 Å². The molecule has 0 heterocycles. The van der Waals surface area contributed by atoms with Gasteiger partial charge in [-0.2, -0.15) is 0 Å². The molecule has 1 aromatic rings. The fourth-order valence-corrected chi connectivity index (χ4v) is 2.19. The maximum absolute atomic E-state index is 11.6. The molecule has 1 amide bonds. The first kappa shape index (κ1) is 17.2. The molecule has 21 heavy (non-hydrogen) atoms. The molecule has 0 spiro atoms. The summed E-state index contributed by atoms with van der Waals surface area (Å²) in [7, 11) is -3.46. The molecule has 0 aromatic heterocycles. The molecule has 0 aliphatic carbocycles. The van der Waals surface area contributed by atoms with Crippen molar-refractivity contribution < 1.29 is 22.7 Å². The van der Waals surface area contributed by atoms with Gasteiger partial charge < -0.3 is 20.9 Å². The van der Waals surface area contributed by atoms with E-state index in [-0.39, 0.29) is 32.1 Å². The Hall–Kier alpha value is -1.84. The number of hydrogen-bond donors (Lipinski definition) is 3. The van der Waals surface area contributed by atoms with Crippen LogP contribution in [-0.4, -0.2) is 46.4 Å². The lowest BCUT2D eigenvalue weighted by Gasteiger charge is -2.08. The van der Waals surface area contributed by atoms with Crippen LogP contribution in [0.5, 0.6) is 5.75 Å². The van der Waals surface area contributed by atoms with Gasteiger partial charge in [-0.05, 0) is 24.3 Å². The highest BCUT2D eigenvalue weighted by atomic mass is 32.2. The molecule has 118 valence electrons. The fraction of sp³-hybridized carbons (Fsp3) is 0.417. The highest BCUT2D eigenvalue weighted by molar-refractivity contribution is 7.89. The Kier molecular flexibility index (Phi) is 6.92. The SMILES string of the molecule is NC(=O)COCCNS(=O)(=O)CCOc1ccc(N)cc1. The van der Waals surface area contributed by atoms with Gasteiger partial charge in [-0.3, -0.25) is 4.79 Å². The molecule has 0 saturated heterocycles. The Morgan fingerprint density at radius 1 is 1.19 bits per heavy atom. The quantitative estimate of drug-likeness (QED) is 0.377. The van der Waals surface area contributed by atoms with E-state index in [1.54, 1.807) is 24.3 Å². The van der Waals surface area contributed by atoms with Gasteiger partial charge in [0.05, 0.1) is 12.4 Å². The average Bonchev–Trinajstić information content (AvgIpc) is 2.40. The van der Waals surface area contributed by atoms with E-state index in [4.69, 9.17) is 20.9 Å². The molecule has 0 unspecified atom stereocenters. The molecule has 8 nitrogen and oxygen atoms in total. The van der Waals surface area contributed by atoms with Crippen LogP contribution in [0.2, 0.25) is 0 Å². The Morgan fingerprint density at radius 3 is 2.48 bits per heavy atom. The molecule has 0 bridgehead atoms. The number of benzene rings is 1. The number of nitrogens with two attached hydrogens (primary N) is 2. The summed E-state index contributed by atoms with van der Waals surface area (Å²) in [5.41, 5.74) is 11.0. The number of ether oxygens (including phenoxy) is 2. The molecule has 0 aliphatic heterocycles. The zero-order valence-electron chi connectivity index (χ0n) is 11.4. The summed E-state index contributed by atoms with van der Waals surface area (Å²) in [6, 6.07) is 6.65. The molecule has 1 aromatic carbocycles. The summed E-state index contributed by atoms with van der Waals surface area (Å²) in [6.07, 6.45) is 0. The minimum Gasteiger partial charge on any atom is -0.492 e. The summed E-state index contributed by atoms with van der Waals surface area (Å²) in [4.78, 5) is 10.4. The third-order valence-electron chi connectivity index (χ3n) is 2.31. The number of carbonyl (C=O) groups excluding carboxylic acids is 1. The van der Waals surface area contributed by atoms with Crippen molar-refractivity contribution in [3.63, 3.8) is 0 Å². The smallest absolute Gasteiger partial charge is 0.243 e. The van der Waals surface area contributed by atoms with Crippen LogP contribution in [0, 0.1) is 0 Å². The van der Waals surface area contributed by atoms with Crippen molar-refractivity contribution >= 4 is 21.6 Å². The zero-order valence-corrected chi connectivity index (χ0v) is 12.3. The van der Waals surface area contributed by atoms with Gasteiger partial charge in [0, 0.05) is 12.2 Å². The van der Waals surface area contributed by atoms with Gasteiger partial charge in [-0.25, -0.2) is 13.1 Å². The molecule has 9 heteroatoms. The van der Waals surface area contributed by atoms with Gasteiger partial charge >= 0.3 is 0 Å². The van der Waals surface area contributed by atoms with Crippen molar-refractivity contribution in [2.75, 3.05) is 37.9 Å². The van der Waals surface area contributed by atoms with Crippen molar-refractivity contribution in [2.24, 2.45) is 5.73 Å². The van der Waals surface area contributed by atoms with Crippen molar-refractivity contribution in [2.45, 2.75) is 0 Å². The molecule has 0 aliphatic rings. The summed E-state index contributed by atoms with van der Waals surface area (Å²) in [5, 5.41) is 0. The second-order valence-electron chi connectivity index (χ2n) is 4.15. The fourth-order valence-electron chi connectivity index (χ4n) is 1.35. The predicted octanol–water partition coefficient (Wildman–Crippen LogP) is -0.931. The van der Waals surface area contributed by atoms with E-state index < -0.39 is 15.9 Å². The van der Waals surface area contributed by atoms with Crippen LogP contribution >= 0.6 is 0 Å². The van der Waals surface area contributed by atoms with Gasteiger partial charge in [0.15, 0.2) is 0 Å². The number of hydrogen-bond acceptors (Lipinski definition) is 6. The maximum atomic E-state index is 11.6. The monoisotopic (exact) mass is 317 g/mol. The first-order valence-corrected chi connectivity index (χ1v) is 7.86. The number of anilines is 1. The number of carbonyl (C=O) groups is 1. The zero-order chi connectivity index (χ0) is 15.7.